The number of anilines is 2. The standard InChI is InChI=1S/C19H13Cl2N3O5S/c20-12-1-3-14(4-2-12)23-30(28,29)16-8-5-13(6-9-16)22-19(25)17-11-15(24(26)27)7-10-18(17)21/h1-11,23H,(H,22,25). The third kappa shape index (κ3) is 5.07. The number of nitrogens with zero attached hydrogens (tertiary/aromatic N) is 1. The Morgan fingerprint density at radius 1 is 0.900 bits per heavy atom. The minimum Gasteiger partial charge on any atom is -0.322 e. The van der Waals surface area contributed by atoms with Gasteiger partial charge in [-0.2, -0.15) is 0 Å². The molecule has 0 aliphatic carbocycles. The number of non-ortho nitro benzene ring substituents is 1. The van der Waals surface area contributed by atoms with E-state index in [0.717, 1.165) is 6.07 Å². The summed E-state index contributed by atoms with van der Waals surface area (Å²) in [7, 11) is -3.85. The zero-order valence-electron chi connectivity index (χ0n) is 15.0. The molecule has 11 heteroatoms. The van der Waals surface area contributed by atoms with Gasteiger partial charge in [0, 0.05) is 28.5 Å². The van der Waals surface area contributed by atoms with Gasteiger partial charge >= 0.3 is 0 Å². The predicted molar refractivity (Wildman–Crippen MR) is 115 cm³/mol. The summed E-state index contributed by atoms with van der Waals surface area (Å²) in [6, 6.07) is 15.1. The van der Waals surface area contributed by atoms with E-state index in [1.165, 1.54) is 48.5 Å². The van der Waals surface area contributed by atoms with Gasteiger partial charge in [-0.05, 0) is 54.6 Å². The Kier molecular flexibility index (Phi) is 6.25. The van der Waals surface area contributed by atoms with E-state index in [9.17, 15) is 23.3 Å². The lowest BCUT2D eigenvalue weighted by atomic mass is 10.2. The van der Waals surface area contributed by atoms with Crippen LogP contribution in [0.1, 0.15) is 10.4 Å². The van der Waals surface area contributed by atoms with Crippen LogP contribution in [0, 0.1) is 10.1 Å². The number of hydrogen-bond donors (Lipinski definition) is 2. The van der Waals surface area contributed by atoms with Crippen LogP contribution in [-0.2, 0) is 10.0 Å². The lowest BCUT2D eigenvalue weighted by Gasteiger charge is -2.10. The van der Waals surface area contributed by atoms with E-state index in [4.69, 9.17) is 23.2 Å². The number of sulfonamides is 1. The van der Waals surface area contributed by atoms with Crippen molar-refractivity contribution in [1.82, 2.24) is 0 Å². The number of carbonyl (C=O) groups excluding carboxylic acids is 1. The molecule has 8 nitrogen and oxygen atoms in total. The first-order valence-corrected chi connectivity index (χ1v) is 10.5. The highest BCUT2D eigenvalue weighted by atomic mass is 35.5. The second kappa shape index (κ2) is 8.70. The molecule has 0 radical (unpaired) electrons. The highest BCUT2D eigenvalue weighted by molar-refractivity contribution is 7.92. The van der Waals surface area contributed by atoms with Gasteiger partial charge in [-0.1, -0.05) is 23.2 Å². The maximum Gasteiger partial charge on any atom is 0.270 e. The molecule has 0 heterocycles. The minimum atomic E-state index is -3.85. The van der Waals surface area contributed by atoms with Crippen molar-refractivity contribution in [3.63, 3.8) is 0 Å². The Morgan fingerprint density at radius 3 is 2.10 bits per heavy atom. The molecule has 0 aromatic heterocycles. The highest BCUT2D eigenvalue weighted by Crippen LogP contribution is 2.24. The average Bonchev–Trinajstić information content (AvgIpc) is 2.70. The van der Waals surface area contributed by atoms with E-state index in [1.54, 1.807) is 12.1 Å². The van der Waals surface area contributed by atoms with Gasteiger partial charge in [0.2, 0.25) is 0 Å². The summed E-state index contributed by atoms with van der Waals surface area (Å²) in [6.45, 7) is 0. The molecule has 3 rings (SSSR count). The fourth-order valence-electron chi connectivity index (χ4n) is 2.45. The van der Waals surface area contributed by atoms with Gasteiger partial charge in [0.25, 0.3) is 21.6 Å². The van der Waals surface area contributed by atoms with E-state index in [0.29, 0.717) is 10.7 Å². The summed E-state index contributed by atoms with van der Waals surface area (Å²) in [6.07, 6.45) is 0. The van der Waals surface area contributed by atoms with E-state index >= 15 is 0 Å². The molecule has 0 saturated carbocycles. The maximum absolute atomic E-state index is 12.5. The van der Waals surface area contributed by atoms with Gasteiger partial charge in [-0.3, -0.25) is 19.6 Å². The average molecular weight is 466 g/mol. The molecule has 0 bridgehead atoms. The molecule has 0 unspecified atom stereocenters. The summed E-state index contributed by atoms with van der Waals surface area (Å²) in [5, 5.41) is 13.9. The number of nitrogens with one attached hydrogen (secondary N) is 2. The Labute approximate surface area is 181 Å². The topological polar surface area (TPSA) is 118 Å². The van der Waals surface area contributed by atoms with Crippen molar-refractivity contribution in [3.05, 3.63) is 92.5 Å². The Balaban J connectivity index is 1.75. The van der Waals surface area contributed by atoms with E-state index in [-0.39, 0.29) is 26.9 Å². The van der Waals surface area contributed by atoms with Gasteiger partial charge < -0.3 is 5.32 Å². The van der Waals surface area contributed by atoms with Crippen LogP contribution in [0.25, 0.3) is 0 Å². The van der Waals surface area contributed by atoms with Crippen LogP contribution < -0.4 is 10.0 Å². The number of halogens is 2. The Morgan fingerprint density at radius 2 is 1.50 bits per heavy atom. The van der Waals surface area contributed by atoms with Gasteiger partial charge in [-0.25, -0.2) is 8.42 Å². The summed E-state index contributed by atoms with van der Waals surface area (Å²) in [5.74, 6) is -0.668. The molecule has 0 fully saturated rings. The lowest BCUT2D eigenvalue weighted by Crippen LogP contribution is -2.14. The minimum absolute atomic E-state index is 0.0242. The van der Waals surface area contributed by atoms with Crippen LogP contribution in [0.15, 0.2) is 71.6 Å². The molecule has 0 spiro atoms. The normalized spacial score (nSPS) is 11.0. The second-order valence-electron chi connectivity index (χ2n) is 6.01. The van der Waals surface area contributed by atoms with E-state index in [1.807, 2.05) is 0 Å². The van der Waals surface area contributed by atoms with Crippen molar-refractivity contribution in [2.75, 3.05) is 10.0 Å². The van der Waals surface area contributed by atoms with E-state index < -0.39 is 20.9 Å². The molecule has 3 aromatic rings. The summed E-state index contributed by atoms with van der Waals surface area (Å²) >= 11 is 11.7. The number of nitro benzene ring substituents is 1. The van der Waals surface area contributed by atoms with Crippen molar-refractivity contribution < 1.29 is 18.1 Å². The van der Waals surface area contributed by atoms with Crippen LogP contribution >= 0.6 is 23.2 Å². The Hall–Kier alpha value is -3.14. The van der Waals surface area contributed by atoms with Crippen LogP contribution in [0.5, 0.6) is 0 Å². The van der Waals surface area contributed by atoms with Crippen LogP contribution in [0.2, 0.25) is 10.0 Å². The fourth-order valence-corrected chi connectivity index (χ4v) is 3.84. The number of amides is 1. The van der Waals surface area contributed by atoms with Crippen molar-refractivity contribution in [3.8, 4) is 0 Å². The third-order valence-corrected chi connectivity index (χ3v) is 5.90. The van der Waals surface area contributed by atoms with Crippen LogP contribution in [-0.4, -0.2) is 19.2 Å². The van der Waals surface area contributed by atoms with Crippen LogP contribution in [0.3, 0.4) is 0 Å². The molecule has 1 amide bonds. The molecular weight excluding hydrogens is 453 g/mol. The summed E-state index contributed by atoms with van der Waals surface area (Å²) in [4.78, 5) is 22.6. The quantitative estimate of drug-likeness (QED) is 0.394. The molecule has 0 atom stereocenters. The monoisotopic (exact) mass is 465 g/mol. The molecule has 2 N–H and O–H groups in total. The molecule has 0 aliphatic rings. The number of hydrogen-bond acceptors (Lipinski definition) is 5. The zero-order chi connectivity index (χ0) is 21.9. The highest BCUT2D eigenvalue weighted by Gasteiger charge is 2.17. The van der Waals surface area contributed by atoms with Crippen LogP contribution in [0.4, 0.5) is 17.1 Å². The van der Waals surface area contributed by atoms with Gasteiger partial charge in [0.15, 0.2) is 0 Å². The van der Waals surface area contributed by atoms with Gasteiger partial charge in [-0.15, -0.1) is 0 Å². The maximum atomic E-state index is 12.5. The summed E-state index contributed by atoms with van der Waals surface area (Å²) in [5.41, 5.74) is 0.274. The molecule has 154 valence electrons. The molecule has 0 aliphatic heterocycles. The predicted octanol–water partition coefficient (Wildman–Crippen LogP) is 4.95. The zero-order valence-corrected chi connectivity index (χ0v) is 17.3. The number of benzene rings is 3. The van der Waals surface area contributed by atoms with Crippen molar-refractivity contribution in [1.29, 1.82) is 0 Å². The first-order valence-electron chi connectivity index (χ1n) is 8.29. The smallest absolute Gasteiger partial charge is 0.270 e. The second-order valence-corrected chi connectivity index (χ2v) is 8.54. The molecule has 3 aromatic carbocycles. The van der Waals surface area contributed by atoms with Crippen molar-refractivity contribution >= 4 is 56.2 Å². The SMILES string of the molecule is O=C(Nc1ccc(S(=O)(=O)Nc2ccc(Cl)cc2)cc1)c1cc([N+](=O)[O-])ccc1Cl. The van der Waals surface area contributed by atoms with Crippen molar-refractivity contribution in [2.45, 2.75) is 4.90 Å². The Bertz CT molecular complexity index is 1210. The van der Waals surface area contributed by atoms with E-state index in [2.05, 4.69) is 10.0 Å². The lowest BCUT2D eigenvalue weighted by molar-refractivity contribution is -0.384. The third-order valence-electron chi connectivity index (χ3n) is 3.92. The summed E-state index contributed by atoms with van der Waals surface area (Å²) < 4.78 is 27.4. The number of nitro groups is 1. The van der Waals surface area contributed by atoms with Gasteiger partial charge in [0.1, 0.15) is 0 Å². The number of rotatable bonds is 6. The first kappa shape index (κ1) is 21.6. The fraction of sp³-hybridized carbons (Fsp3) is 0. The van der Waals surface area contributed by atoms with Gasteiger partial charge in [0.05, 0.1) is 20.4 Å². The molecular formula is C19H13Cl2N3O5S. The molecule has 30 heavy (non-hydrogen) atoms. The molecule has 0 saturated heterocycles. The largest absolute Gasteiger partial charge is 0.322 e. The number of carbonyl (C=O) groups is 1. The van der Waals surface area contributed by atoms with Crippen molar-refractivity contribution in [2.24, 2.45) is 0 Å². The first-order chi connectivity index (χ1) is 14.2.